The second-order valence-corrected chi connectivity index (χ2v) is 3.25. The monoisotopic (exact) mass is 253 g/mol. The molecule has 6 nitrogen and oxygen atoms in total. The molecule has 1 aromatic carbocycles. The van der Waals surface area contributed by atoms with E-state index in [4.69, 9.17) is 9.47 Å². The summed E-state index contributed by atoms with van der Waals surface area (Å²) in [6.07, 6.45) is -0.644. The van der Waals surface area contributed by atoms with Gasteiger partial charge in [0, 0.05) is 0 Å². The van der Waals surface area contributed by atoms with Gasteiger partial charge in [-0.3, -0.25) is 5.32 Å². The van der Waals surface area contributed by atoms with Crippen molar-refractivity contribution in [2.75, 3.05) is 26.1 Å². The van der Waals surface area contributed by atoms with Crippen molar-refractivity contribution in [3.05, 3.63) is 23.8 Å². The molecule has 0 aliphatic rings. The lowest BCUT2D eigenvalue weighted by molar-refractivity contribution is 0.0526. The summed E-state index contributed by atoms with van der Waals surface area (Å²) in [4.78, 5) is 22.7. The molecular formula is C12H15NO5. The van der Waals surface area contributed by atoms with Gasteiger partial charge in [0.1, 0.15) is 5.75 Å². The van der Waals surface area contributed by atoms with E-state index in [2.05, 4.69) is 10.1 Å². The number of esters is 1. The van der Waals surface area contributed by atoms with Gasteiger partial charge in [-0.05, 0) is 25.1 Å². The summed E-state index contributed by atoms with van der Waals surface area (Å²) >= 11 is 0. The number of hydrogen-bond donors (Lipinski definition) is 1. The van der Waals surface area contributed by atoms with Gasteiger partial charge in [0.05, 0.1) is 32.1 Å². The van der Waals surface area contributed by atoms with Crippen molar-refractivity contribution in [1.29, 1.82) is 0 Å². The molecule has 0 unspecified atom stereocenters. The fourth-order valence-electron chi connectivity index (χ4n) is 1.31. The van der Waals surface area contributed by atoms with Crippen LogP contribution >= 0.6 is 0 Å². The summed E-state index contributed by atoms with van der Waals surface area (Å²) in [6, 6.07) is 4.59. The molecule has 0 saturated carbocycles. The fraction of sp³-hybridized carbons (Fsp3) is 0.333. The van der Waals surface area contributed by atoms with Crippen LogP contribution in [-0.4, -0.2) is 32.9 Å². The largest absolute Gasteiger partial charge is 0.495 e. The summed E-state index contributed by atoms with van der Waals surface area (Å²) in [5.41, 5.74) is 0.666. The molecule has 0 heterocycles. The Bertz CT molecular complexity index is 444. The Balaban J connectivity index is 3.01. The number of anilines is 1. The van der Waals surface area contributed by atoms with Crippen LogP contribution in [0.2, 0.25) is 0 Å². The van der Waals surface area contributed by atoms with Crippen molar-refractivity contribution in [1.82, 2.24) is 0 Å². The van der Waals surface area contributed by atoms with Crippen LogP contribution in [0.5, 0.6) is 5.75 Å². The zero-order valence-electron chi connectivity index (χ0n) is 10.5. The number of carbonyl (C=O) groups is 2. The molecule has 0 aliphatic heterocycles. The van der Waals surface area contributed by atoms with E-state index < -0.39 is 12.1 Å². The van der Waals surface area contributed by atoms with E-state index in [0.717, 1.165) is 0 Å². The van der Waals surface area contributed by atoms with Crippen LogP contribution in [0, 0.1) is 0 Å². The Labute approximate surface area is 105 Å². The van der Waals surface area contributed by atoms with Crippen molar-refractivity contribution in [2.24, 2.45) is 0 Å². The first-order valence-electron chi connectivity index (χ1n) is 5.32. The molecule has 0 saturated heterocycles. The molecule has 6 heteroatoms. The molecule has 18 heavy (non-hydrogen) atoms. The van der Waals surface area contributed by atoms with Gasteiger partial charge in [-0.1, -0.05) is 0 Å². The first-order valence-corrected chi connectivity index (χ1v) is 5.32. The number of amides is 1. The third-order valence-corrected chi connectivity index (χ3v) is 2.13. The van der Waals surface area contributed by atoms with Crippen molar-refractivity contribution < 1.29 is 23.8 Å². The van der Waals surface area contributed by atoms with Crippen molar-refractivity contribution in [3.8, 4) is 5.75 Å². The number of hydrogen-bond acceptors (Lipinski definition) is 5. The molecule has 0 aromatic heterocycles. The Morgan fingerprint density at radius 3 is 2.56 bits per heavy atom. The van der Waals surface area contributed by atoms with Gasteiger partial charge in [0.2, 0.25) is 0 Å². The number of nitrogens with one attached hydrogen (secondary N) is 1. The van der Waals surface area contributed by atoms with Gasteiger partial charge in [-0.2, -0.15) is 0 Å². The highest BCUT2D eigenvalue weighted by Crippen LogP contribution is 2.25. The number of benzene rings is 1. The maximum absolute atomic E-state index is 11.5. The molecular weight excluding hydrogens is 238 g/mol. The molecule has 98 valence electrons. The van der Waals surface area contributed by atoms with E-state index in [9.17, 15) is 9.59 Å². The van der Waals surface area contributed by atoms with Crippen LogP contribution < -0.4 is 10.1 Å². The van der Waals surface area contributed by atoms with E-state index in [1.165, 1.54) is 20.3 Å². The van der Waals surface area contributed by atoms with Crippen LogP contribution in [0.25, 0.3) is 0 Å². The number of rotatable bonds is 4. The van der Waals surface area contributed by atoms with E-state index in [1.807, 2.05) is 0 Å². The second kappa shape index (κ2) is 6.48. The number of methoxy groups -OCH3 is 2. The SMILES string of the molecule is CCOC(=O)c1ccc(OC)c(NC(=O)OC)c1. The topological polar surface area (TPSA) is 73.9 Å². The van der Waals surface area contributed by atoms with Crippen LogP contribution in [0.1, 0.15) is 17.3 Å². The average molecular weight is 253 g/mol. The molecule has 1 N–H and O–H groups in total. The van der Waals surface area contributed by atoms with Gasteiger partial charge < -0.3 is 14.2 Å². The Hall–Kier alpha value is -2.24. The zero-order chi connectivity index (χ0) is 13.5. The van der Waals surface area contributed by atoms with E-state index in [-0.39, 0.29) is 6.61 Å². The molecule has 0 spiro atoms. The summed E-state index contributed by atoms with van der Waals surface area (Å²) in [5, 5.41) is 2.45. The standard InChI is InChI=1S/C12H15NO5/c1-4-18-11(14)8-5-6-10(16-2)9(7-8)13-12(15)17-3/h5-7H,4H2,1-3H3,(H,13,15). The van der Waals surface area contributed by atoms with Gasteiger partial charge in [0.25, 0.3) is 0 Å². The van der Waals surface area contributed by atoms with Crippen LogP contribution in [-0.2, 0) is 9.47 Å². The van der Waals surface area contributed by atoms with Gasteiger partial charge in [-0.25, -0.2) is 9.59 Å². The third-order valence-electron chi connectivity index (χ3n) is 2.13. The predicted octanol–water partition coefficient (Wildman–Crippen LogP) is 2.05. The summed E-state index contributed by atoms with van der Waals surface area (Å²) in [7, 11) is 2.71. The van der Waals surface area contributed by atoms with Crippen molar-refractivity contribution in [2.45, 2.75) is 6.92 Å². The number of carbonyl (C=O) groups excluding carboxylic acids is 2. The molecule has 0 radical (unpaired) electrons. The predicted molar refractivity (Wildman–Crippen MR) is 65.0 cm³/mol. The lowest BCUT2D eigenvalue weighted by Gasteiger charge is -2.10. The van der Waals surface area contributed by atoms with Crippen LogP contribution in [0.4, 0.5) is 10.5 Å². The highest BCUT2D eigenvalue weighted by Gasteiger charge is 2.12. The van der Waals surface area contributed by atoms with Crippen molar-refractivity contribution in [3.63, 3.8) is 0 Å². The van der Waals surface area contributed by atoms with Crippen LogP contribution in [0.3, 0.4) is 0 Å². The molecule has 0 bridgehead atoms. The summed E-state index contributed by atoms with van der Waals surface area (Å²) in [5.74, 6) is -0.0403. The van der Waals surface area contributed by atoms with Gasteiger partial charge in [-0.15, -0.1) is 0 Å². The van der Waals surface area contributed by atoms with E-state index >= 15 is 0 Å². The van der Waals surface area contributed by atoms with E-state index in [1.54, 1.807) is 19.1 Å². The summed E-state index contributed by atoms with van der Waals surface area (Å²) < 4.78 is 14.4. The lowest BCUT2D eigenvalue weighted by atomic mass is 10.2. The highest BCUT2D eigenvalue weighted by atomic mass is 16.5. The first kappa shape index (κ1) is 13.8. The first-order chi connectivity index (χ1) is 8.62. The lowest BCUT2D eigenvalue weighted by Crippen LogP contribution is -2.13. The molecule has 0 aliphatic carbocycles. The van der Waals surface area contributed by atoms with Gasteiger partial charge >= 0.3 is 12.1 Å². The smallest absolute Gasteiger partial charge is 0.411 e. The molecule has 1 rings (SSSR count). The Kier molecular flexibility index (Phi) is 4.98. The summed E-state index contributed by atoms with van der Waals surface area (Å²) in [6.45, 7) is 2.00. The Morgan fingerprint density at radius 2 is 2.00 bits per heavy atom. The molecule has 0 fully saturated rings. The minimum Gasteiger partial charge on any atom is -0.495 e. The molecule has 1 amide bonds. The average Bonchev–Trinajstić information content (AvgIpc) is 2.38. The minimum absolute atomic E-state index is 0.282. The minimum atomic E-state index is -0.644. The maximum atomic E-state index is 11.5. The second-order valence-electron chi connectivity index (χ2n) is 3.25. The third kappa shape index (κ3) is 3.38. The molecule has 0 atom stereocenters. The van der Waals surface area contributed by atoms with Crippen molar-refractivity contribution >= 4 is 17.7 Å². The fourth-order valence-corrected chi connectivity index (χ4v) is 1.31. The van der Waals surface area contributed by atoms with Gasteiger partial charge in [0.15, 0.2) is 0 Å². The molecule has 1 aromatic rings. The zero-order valence-corrected chi connectivity index (χ0v) is 10.5. The number of ether oxygens (including phenoxy) is 3. The maximum Gasteiger partial charge on any atom is 0.411 e. The normalized spacial score (nSPS) is 9.50. The van der Waals surface area contributed by atoms with E-state index in [0.29, 0.717) is 17.0 Å². The Morgan fingerprint density at radius 1 is 1.28 bits per heavy atom. The van der Waals surface area contributed by atoms with Crippen LogP contribution in [0.15, 0.2) is 18.2 Å². The quantitative estimate of drug-likeness (QED) is 0.831. The highest BCUT2D eigenvalue weighted by molar-refractivity contribution is 5.94.